The molecule has 0 atom stereocenters. The number of rotatable bonds is 2. The first-order chi connectivity index (χ1) is 9.65. The summed E-state index contributed by atoms with van der Waals surface area (Å²) in [6, 6.07) is 13.1. The van der Waals surface area contributed by atoms with E-state index >= 15 is 0 Å². The highest BCUT2D eigenvalue weighted by molar-refractivity contribution is 9.10. The minimum Gasteiger partial charge on any atom is -0.482 e. The number of fused-ring (bicyclic) bond motifs is 1. The Morgan fingerprint density at radius 3 is 2.85 bits per heavy atom. The molecule has 1 amide bonds. The lowest BCUT2D eigenvalue weighted by Crippen LogP contribution is -2.38. The quantitative estimate of drug-likeness (QED) is 0.860. The molecular formula is C15H13BrN2O2. The van der Waals surface area contributed by atoms with Crippen LogP contribution in [0.5, 0.6) is 5.75 Å². The third-order valence-electron chi connectivity index (χ3n) is 3.21. The van der Waals surface area contributed by atoms with Crippen LogP contribution in [0.3, 0.4) is 0 Å². The van der Waals surface area contributed by atoms with Gasteiger partial charge in [-0.15, -0.1) is 0 Å². The molecule has 1 aliphatic rings. The number of halogens is 1. The number of benzene rings is 2. The molecule has 5 heteroatoms. The Labute approximate surface area is 125 Å². The standard InChI is InChI=1S/C15H13BrN2O2/c16-12-7-11(17)6-5-10(12)8-18-13-3-1-2-4-14(13)20-9-15(18)19/h1-7H,8-9,17H2. The summed E-state index contributed by atoms with van der Waals surface area (Å²) in [6.07, 6.45) is 0. The lowest BCUT2D eigenvalue weighted by atomic mass is 10.1. The van der Waals surface area contributed by atoms with Crippen LogP contribution < -0.4 is 15.4 Å². The van der Waals surface area contributed by atoms with Crippen molar-refractivity contribution in [1.82, 2.24) is 0 Å². The largest absolute Gasteiger partial charge is 0.482 e. The summed E-state index contributed by atoms with van der Waals surface area (Å²) in [4.78, 5) is 13.8. The molecule has 2 aromatic carbocycles. The van der Waals surface area contributed by atoms with Crippen molar-refractivity contribution >= 4 is 33.2 Å². The maximum Gasteiger partial charge on any atom is 0.265 e. The third kappa shape index (κ3) is 2.36. The summed E-state index contributed by atoms with van der Waals surface area (Å²) < 4.78 is 6.33. The van der Waals surface area contributed by atoms with Crippen LogP contribution in [0.1, 0.15) is 5.56 Å². The number of nitrogens with two attached hydrogens (primary N) is 1. The molecule has 3 rings (SSSR count). The van der Waals surface area contributed by atoms with Crippen molar-refractivity contribution in [3.8, 4) is 5.75 Å². The summed E-state index contributed by atoms with van der Waals surface area (Å²) in [5.41, 5.74) is 8.23. The van der Waals surface area contributed by atoms with Crippen molar-refractivity contribution in [3.63, 3.8) is 0 Å². The van der Waals surface area contributed by atoms with Crippen LogP contribution in [0, 0.1) is 0 Å². The van der Waals surface area contributed by atoms with Gasteiger partial charge in [-0.05, 0) is 29.8 Å². The summed E-state index contributed by atoms with van der Waals surface area (Å²) in [6.45, 7) is 0.559. The van der Waals surface area contributed by atoms with E-state index in [4.69, 9.17) is 10.5 Å². The van der Waals surface area contributed by atoms with Gasteiger partial charge in [-0.3, -0.25) is 4.79 Å². The lowest BCUT2D eigenvalue weighted by molar-refractivity contribution is -0.121. The topological polar surface area (TPSA) is 55.6 Å². The molecule has 0 unspecified atom stereocenters. The number of anilines is 2. The Morgan fingerprint density at radius 2 is 2.05 bits per heavy atom. The van der Waals surface area contributed by atoms with Crippen LogP contribution in [0.4, 0.5) is 11.4 Å². The molecule has 1 heterocycles. The molecule has 2 aromatic rings. The van der Waals surface area contributed by atoms with Crippen LogP contribution >= 0.6 is 15.9 Å². The zero-order valence-corrected chi connectivity index (χ0v) is 12.3. The SMILES string of the molecule is Nc1ccc(CN2C(=O)COc3ccccc32)c(Br)c1. The van der Waals surface area contributed by atoms with Gasteiger partial charge in [0.1, 0.15) is 5.75 Å². The summed E-state index contributed by atoms with van der Waals surface area (Å²) in [5, 5.41) is 0. The predicted molar refractivity (Wildman–Crippen MR) is 81.7 cm³/mol. The summed E-state index contributed by atoms with van der Waals surface area (Å²) in [7, 11) is 0. The minimum atomic E-state index is -0.0487. The van der Waals surface area contributed by atoms with E-state index < -0.39 is 0 Å². The fourth-order valence-corrected chi connectivity index (χ4v) is 2.71. The van der Waals surface area contributed by atoms with Gasteiger partial charge >= 0.3 is 0 Å². The molecule has 0 fully saturated rings. The second kappa shape index (κ2) is 5.17. The molecule has 102 valence electrons. The zero-order chi connectivity index (χ0) is 14.1. The first-order valence-corrected chi connectivity index (χ1v) is 7.00. The van der Waals surface area contributed by atoms with Gasteiger partial charge in [0, 0.05) is 10.2 Å². The van der Waals surface area contributed by atoms with Gasteiger partial charge in [0.25, 0.3) is 5.91 Å². The Balaban J connectivity index is 1.95. The van der Waals surface area contributed by atoms with E-state index in [-0.39, 0.29) is 12.5 Å². The van der Waals surface area contributed by atoms with Gasteiger partial charge in [0.05, 0.1) is 12.2 Å². The monoisotopic (exact) mass is 332 g/mol. The first kappa shape index (κ1) is 13.0. The maximum absolute atomic E-state index is 12.1. The van der Waals surface area contributed by atoms with Crippen molar-refractivity contribution in [3.05, 3.63) is 52.5 Å². The number of carbonyl (C=O) groups excluding carboxylic acids is 1. The van der Waals surface area contributed by atoms with E-state index in [0.717, 1.165) is 21.5 Å². The van der Waals surface area contributed by atoms with E-state index in [1.807, 2.05) is 42.5 Å². The first-order valence-electron chi connectivity index (χ1n) is 6.21. The van der Waals surface area contributed by atoms with E-state index in [1.54, 1.807) is 4.90 Å². The van der Waals surface area contributed by atoms with Crippen molar-refractivity contribution < 1.29 is 9.53 Å². The highest BCUT2D eigenvalue weighted by atomic mass is 79.9. The molecule has 0 bridgehead atoms. The second-order valence-corrected chi connectivity index (χ2v) is 5.44. The Kier molecular flexibility index (Phi) is 3.36. The van der Waals surface area contributed by atoms with Gasteiger partial charge in [-0.25, -0.2) is 0 Å². The normalized spacial score (nSPS) is 13.8. The van der Waals surface area contributed by atoms with E-state index in [2.05, 4.69) is 15.9 Å². The molecule has 0 aromatic heterocycles. The Morgan fingerprint density at radius 1 is 1.25 bits per heavy atom. The number of nitrogens with zero attached hydrogens (tertiary/aromatic N) is 1. The van der Waals surface area contributed by atoms with Gasteiger partial charge in [-0.1, -0.05) is 34.1 Å². The molecule has 20 heavy (non-hydrogen) atoms. The number of amides is 1. The van der Waals surface area contributed by atoms with E-state index in [0.29, 0.717) is 12.2 Å². The van der Waals surface area contributed by atoms with Crippen molar-refractivity contribution in [2.24, 2.45) is 0 Å². The molecule has 1 aliphatic heterocycles. The number of ether oxygens (including phenoxy) is 1. The second-order valence-electron chi connectivity index (χ2n) is 4.59. The molecule has 0 aliphatic carbocycles. The predicted octanol–water partition coefficient (Wildman–Crippen LogP) is 2.96. The summed E-state index contributed by atoms with van der Waals surface area (Å²) >= 11 is 3.48. The third-order valence-corrected chi connectivity index (χ3v) is 3.95. The highest BCUT2D eigenvalue weighted by Crippen LogP contribution is 2.33. The van der Waals surface area contributed by atoms with Crippen molar-refractivity contribution in [2.45, 2.75) is 6.54 Å². The summed E-state index contributed by atoms with van der Waals surface area (Å²) in [5.74, 6) is 0.686. The number of carbonyl (C=O) groups is 1. The van der Waals surface area contributed by atoms with Crippen LogP contribution in [0.15, 0.2) is 46.9 Å². The van der Waals surface area contributed by atoms with Gasteiger partial charge in [-0.2, -0.15) is 0 Å². The van der Waals surface area contributed by atoms with Gasteiger partial charge in [0.2, 0.25) is 0 Å². The molecule has 0 radical (unpaired) electrons. The minimum absolute atomic E-state index is 0.0487. The van der Waals surface area contributed by atoms with Crippen molar-refractivity contribution in [2.75, 3.05) is 17.2 Å². The Hall–Kier alpha value is -2.01. The molecule has 0 saturated carbocycles. The average Bonchev–Trinajstić information content (AvgIpc) is 2.44. The van der Waals surface area contributed by atoms with Crippen LogP contribution in [-0.4, -0.2) is 12.5 Å². The maximum atomic E-state index is 12.1. The highest BCUT2D eigenvalue weighted by Gasteiger charge is 2.25. The molecular weight excluding hydrogens is 320 g/mol. The van der Waals surface area contributed by atoms with Gasteiger partial charge < -0.3 is 15.4 Å². The zero-order valence-electron chi connectivity index (χ0n) is 10.7. The van der Waals surface area contributed by atoms with E-state index in [9.17, 15) is 4.79 Å². The smallest absolute Gasteiger partial charge is 0.265 e. The van der Waals surface area contributed by atoms with Crippen LogP contribution in [0.25, 0.3) is 0 Å². The van der Waals surface area contributed by atoms with Crippen LogP contribution in [0.2, 0.25) is 0 Å². The van der Waals surface area contributed by atoms with Crippen molar-refractivity contribution in [1.29, 1.82) is 0 Å². The number of hydrogen-bond acceptors (Lipinski definition) is 3. The molecule has 2 N–H and O–H groups in total. The average molecular weight is 333 g/mol. The molecule has 0 saturated heterocycles. The number of nitrogen functional groups attached to an aromatic ring is 1. The molecule has 0 spiro atoms. The van der Waals surface area contributed by atoms with E-state index in [1.165, 1.54) is 0 Å². The lowest BCUT2D eigenvalue weighted by Gasteiger charge is -2.29. The fraction of sp³-hybridized carbons (Fsp3) is 0.133. The number of hydrogen-bond donors (Lipinski definition) is 1. The fourth-order valence-electron chi connectivity index (χ4n) is 2.19. The van der Waals surface area contributed by atoms with Gasteiger partial charge in [0.15, 0.2) is 6.61 Å². The number of para-hydroxylation sites is 2. The Bertz CT molecular complexity index is 673. The van der Waals surface area contributed by atoms with Crippen LogP contribution in [-0.2, 0) is 11.3 Å². The molecule has 4 nitrogen and oxygen atoms in total.